The van der Waals surface area contributed by atoms with Crippen LogP contribution in [-0.2, 0) is 0 Å². The minimum absolute atomic E-state index is 1.09. The summed E-state index contributed by atoms with van der Waals surface area (Å²) in [6, 6.07) is 0. The third-order valence-electron chi connectivity index (χ3n) is 0.947. The van der Waals surface area contributed by atoms with Gasteiger partial charge in [-0.2, -0.15) is 0 Å². The molecule has 1 nitrogen and oxygen atoms in total. The predicted molar refractivity (Wildman–Crippen MR) is 38.0 cm³/mol. The number of hydrogen-bond donors (Lipinski definition) is 1. The summed E-state index contributed by atoms with van der Waals surface area (Å²) >= 11 is 0. The molecule has 0 aliphatic carbocycles. The lowest BCUT2D eigenvalue weighted by Gasteiger charge is -1.91. The van der Waals surface area contributed by atoms with E-state index in [1.807, 2.05) is 7.05 Å². The lowest BCUT2D eigenvalue weighted by atomic mass is 10.3. The molecule has 0 heterocycles. The van der Waals surface area contributed by atoms with Crippen LogP contribution >= 0.6 is 0 Å². The van der Waals surface area contributed by atoms with E-state index in [1.165, 1.54) is 5.57 Å². The first-order chi connectivity index (χ1) is 3.77. The molecule has 0 unspecified atom stereocenters. The number of rotatable bonds is 3. The van der Waals surface area contributed by atoms with Crippen LogP contribution in [0.15, 0.2) is 11.6 Å². The van der Waals surface area contributed by atoms with Gasteiger partial charge in [-0.3, -0.25) is 0 Å². The molecule has 0 atom stereocenters. The molecule has 0 amide bonds. The van der Waals surface area contributed by atoms with Crippen molar-refractivity contribution in [2.45, 2.75) is 20.3 Å². The fourth-order valence-electron chi connectivity index (χ4n) is 0.505. The summed E-state index contributed by atoms with van der Waals surface area (Å²) in [6.45, 7) is 5.33. The van der Waals surface area contributed by atoms with Gasteiger partial charge in [0, 0.05) is 0 Å². The Hall–Kier alpha value is -0.300. The highest BCUT2D eigenvalue weighted by molar-refractivity contribution is 4.92. The zero-order chi connectivity index (χ0) is 6.41. The second kappa shape index (κ2) is 4.85. The van der Waals surface area contributed by atoms with E-state index in [0.29, 0.717) is 0 Å². The normalized spacial score (nSPS) is 8.88. The average Bonchev–Trinajstić information content (AvgIpc) is 1.66. The molecule has 8 heavy (non-hydrogen) atoms. The van der Waals surface area contributed by atoms with E-state index >= 15 is 0 Å². The Balaban J connectivity index is 3.03. The quantitative estimate of drug-likeness (QED) is 0.432. The molecule has 0 spiro atoms. The van der Waals surface area contributed by atoms with Gasteiger partial charge in [-0.05, 0) is 33.9 Å². The standard InChI is InChI=1S/C7H15N/c1-7(2)5-4-6-8-3/h5,8H,4,6H2,1-3H3. The molecule has 0 aromatic heterocycles. The molecule has 48 valence electrons. The topological polar surface area (TPSA) is 12.0 Å². The Labute approximate surface area is 51.8 Å². The predicted octanol–water partition coefficient (Wildman–Crippen LogP) is 1.56. The molecular formula is C7H15N. The van der Waals surface area contributed by atoms with Crippen LogP contribution in [-0.4, -0.2) is 13.6 Å². The maximum Gasteiger partial charge on any atom is -0.00172 e. The first kappa shape index (κ1) is 7.70. The fourth-order valence-corrected chi connectivity index (χ4v) is 0.505. The lowest BCUT2D eigenvalue weighted by Crippen LogP contribution is -2.05. The molecule has 0 aromatic carbocycles. The van der Waals surface area contributed by atoms with E-state index in [0.717, 1.165) is 13.0 Å². The molecule has 1 N–H and O–H groups in total. The van der Waals surface area contributed by atoms with Gasteiger partial charge in [0.2, 0.25) is 0 Å². The minimum Gasteiger partial charge on any atom is -0.319 e. The van der Waals surface area contributed by atoms with Crippen LogP contribution in [0.4, 0.5) is 0 Å². The average molecular weight is 113 g/mol. The first-order valence-electron chi connectivity index (χ1n) is 3.05. The molecule has 0 saturated heterocycles. The molecule has 0 fully saturated rings. The summed E-state index contributed by atoms with van der Waals surface area (Å²) < 4.78 is 0. The molecule has 0 saturated carbocycles. The summed E-state index contributed by atoms with van der Waals surface area (Å²) in [5, 5.41) is 3.08. The Bertz CT molecular complexity index is 70.5. The van der Waals surface area contributed by atoms with Gasteiger partial charge in [0.1, 0.15) is 0 Å². The van der Waals surface area contributed by atoms with Crippen LogP contribution < -0.4 is 5.32 Å². The van der Waals surface area contributed by atoms with E-state index in [2.05, 4.69) is 25.2 Å². The summed E-state index contributed by atoms with van der Waals surface area (Å²) in [5.41, 5.74) is 1.40. The Morgan fingerprint density at radius 3 is 2.50 bits per heavy atom. The smallest absolute Gasteiger partial charge is 0.00172 e. The Morgan fingerprint density at radius 1 is 1.50 bits per heavy atom. The monoisotopic (exact) mass is 113 g/mol. The van der Waals surface area contributed by atoms with Gasteiger partial charge in [-0.25, -0.2) is 0 Å². The molecule has 0 aliphatic rings. The lowest BCUT2D eigenvalue weighted by molar-refractivity contribution is 0.804. The fraction of sp³-hybridized carbons (Fsp3) is 0.714. The van der Waals surface area contributed by atoms with Crippen LogP contribution in [0, 0.1) is 0 Å². The van der Waals surface area contributed by atoms with E-state index in [1.54, 1.807) is 0 Å². The highest BCUT2D eigenvalue weighted by atomic mass is 14.8. The van der Waals surface area contributed by atoms with Crippen molar-refractivity contribution in [3.63, 3.8) is 0 Å². The van der Waals surface area contributed by atoms with Crippen molar-refractivity contribution in [2.75, 3.05) is 13.6 Å². The van der Waals surface area contributed by atoms with Crippen molar-refractivity contribution >= 4 is 0 Å². The third kappa shape index (κ3) is 5.70. The van der Waals surface area contributed by atoms with Gasteiger partial charge in [-0.15, -0.1) is 0 Å². The van der Waals surface area contributed by atoms with E-state index in [-0.39, 0.29) is 0 Å². The van der Waals surface area contributed by atoms with Gasteiger partial charge in [0.25, 0.3) is 0 Å². The second-order valence-corrected chi connectivity index (χ2v) is 2.17. The second-order valence-electron chi connectivity index (χ2n) is 2.17. The van der Waals surface area contributed by atoms with Gasteiger partial charge in [-0.1, -0.05) is 11.6 Å². The molecule has 0 radical (unpaired) electrons. The van der Waals surface area contributed by atoms with Crippen LogP contribution in [0.25, 0.3) is 0 Å². The highest BCUT2D eigenvalue weighted by Gasteiger charge is 1.76. The summed E-state index contributed by atoms with van der Waals surface area (Å²) in [4.78, 5) is 0. The van der Waals surface area contributed by atoms with Crippen molar-refractivity contribution in [2.24, 2.45) is 0 Å². The van der Waals surface area contributed by atoms with Crippen molar-refractivity contribution in [1.82, 2.24) is 5.32 Å². The molecule has 1 heteroatoms. The maximum atomic E-state index is 3.08. The van der Waals surface area contributed by atoms with Gasteiger partial charge < -0.3 is 5.32 Å². The van der Waals surface area contributed by atoms with Crippen molar-refractivity contribution in [3.05, 3.63) is 11.6 Å². The van der Waals surface area contributed by atoms with Gasteiger partial charge in [0.15, 0.2) is 0 Å². The van der Waals surface area contributed by atoms with Crippen LogP contribution in [0.3, 0.4) is 0 Å². The zero-order valence-electron chi connectivity index (χ0n) is 5.99. The number of allylic oxidation sites excluding steroid dienone is 1. The summed E-state index contributed by atoms with van der Waals surface area (Å²) in [7, 11) is 1.97. The van der Waals surface area contributed by atoms with Crippen LogP contribution in [0.1, 0.15) is 20.3 Å². The molecule has 0 aliphatic heterocycles. The van der Waals surface area contributed by atoms with Crippen LogP contribution in [0.2, 0.25) is 0 Å². The summed E-state index contributed by atoms with van der Waals surface area (Å²) in [5.74, 6) is 0. The van der Waals surface area contributed by atoms with E-state index in [4.69, 9.17) is 0 Å². The van der Waals surface area contributed by atoms with Crippen LogP contribution in [0.5, 0.6) is 0 Å². The zero-order valence-corrected chi connectivity index (χ0v) is 5.99. The van der Waals surface area contributed by atoms with Crippen molar-refractivity contribution in [1.29, 1.82) is 0 Å². The largest absolute Gasteiger partial charge is 0.319 e. The molecular weight excluding hydrogens is 98.1 g/mol. The van der Waals surface area contributed by atoms with E-state index < -0.39 is 0 Å². The molecule has 0 rings (SSSR count). The SMILES string of the molecule is CNCCC=C(C)C. The molecule has 0 bridgehead atoms. The summed E-state index contributed by atoms with van der Waals surface area (Å²) in [6.07, 6.45) is 3.38. The number of hydrogen-bond acceptors (Lipinski definition) is 1. The number of nitrogens with one attached hydrogen (secondary N) is 1. The first-order valence-corrected chi connectivity index (χ1v) is 3.05. The minimum atomic E-state index is 1.09. The molecule has 0 aromatic rings. The van der Waals surface area contributed by atoms with Gasteiger partial charge in [0.05, 0.1) is 0 Å². The third-order valence-corrected chi connectivity index (χ3v) is 0.947. The van der Waals surface area contributed by atoms with Gasteiger partial charge >= 0.3 is 0 Å². The van der Waals surface area contributed by atoms with Crippen molar-refractivity contribution < 1.29 is 0 Å². The highest BCUT2D eigenvalue weighted by Crippen LogP contribution is 1.89. The Kier molecular flexibility index (Phi) is 4.67. The van der Waals surface area contributed by atoms with Crippen molar-refractivity contribution in [3.8, 4) is 0 Å². The Morgan fingerprint density at radius 2 is 2.12 bits per heavy atom. The van der Waals surface area contributed by atoms with E-state index in [9.17, 15) is 0 Å². The maximum absolute atomic E-state index is 3.08.